The van der Waals surface area contributed by atoms with Crippen LogP contribution in [0.3, 0.4) is 0 Å². The molecule has 0 amide bonds. The summed E-state index contributed by atoms with van der Waals surface area (Å²) in [7, 11) is 0. The van der Waals surface area contributed by atoms with Gasteiger partial charge in [0.05, 0.1) is 0 Å². The van der Waals surface area contributed by atoms with Crippen molar-refractivity contribution in [2.45, 2.75) is 44.8 Å². The second kappa shape index (κ2) is 6.20. The summed E-state index contributed by atoms with van der Waals surface area (Å²) in [6.07, 6.45) is 3.42. The van der Waals surface area contributed by atoms with Crippen LogP contribution < -0.4 is 9.47 Å². The Bertz CT molecular complexity index is 513. The molecule has 0 heterocycles. The first-order valence-corrected chi connectivity index (χ1v) is 6.98. The van der Waals surface area contributed by atoms with Gasteiger partial charge in [-0.1, -0.05) is 19.2 Å². The summed E-state index contributed by atoms with van der Waals surface area (Å²) in [5, 5.41) is 0. The van der Waals surface area contributed by atoms with E-state index in [9.17, 15) is 4.39 Å². The van der Waals surface area contributed by atoms with Gasteiger partial charge in [0, 0.05) is 32.8 Å². The number of benzene rings is 1. The van der Waals surface area contributed by atoms with Crippen LogP contribution in [-0.4, -0.2) is 18.1 Å². The van der Waals surface area contributed by atoms with Gasteiger partial charge in [-0.3, -0.25) is 0 Å². The topological polar surface area (TPSA) is 27.7 Å². The van der Waals surface area contributed by atoms with Crippen LogP contribution >= 0.6 is 0 Å². The zero-order chi connectivity index (χ0) is 15.5. The van der Waals surface area contributed by atoms with Gasteiger partial charge in [-0.25, -0.2) is 0 Å². The van der Waals surface area contributed by atoms with E-state index < -0.39 is 5.85 Å². The molecule has 21 heavy (non-hydrogen) atoms. The molecular formula is C17H21FO3. The van der Waals surface area contributed by atoms with Crippen molar-refractivity contribution in [2.75, 3.05) is 0 Å². The monoisotopic (exact) mass is 292 g/mol. The van der Waals surface area contributed by atoms with E-state index in [0.717, 1.165) is 12.8 Å². The first-order chi connectivity index (χ1) is 9.85. The summed E-state index contributed by atoms with van der Waals surface area (Å²) < 4.78 is 30.0. The molecule has 0 bridgehead atoms. The molecule has 0 unspecified atom stereocenters. The summed E-state index contributed by atoms with van der Waals surface area (Å²) in [6, 6.07) is 7.00. The van der Waals surface area contributed by atoms with Gasteiger partial charge in [0.15, 0.2) is 0 Å². The average Bonchev–Trinajstić information content (AvgIpc) is 2.34. The minimum Gasteiger partial charge on any atom is -0.491 e. The third kappa shape index (κ3) is 4.81. The quantitative estimate of drug-likeness (QED) is 0.551. The van der Waals surface area contributed by atoms with Crippen molar-refractivity contribution >= 4 is 0 Å². The van der Waals surface area contributed by atoms with Gasteiger partial charge in [-0.15, -0.1) is 0 Å². The fourth-order valence-corrected chi connectivity index (χ4v) is 2.06. The van der Waals surface area contributed by atoms with Gasteiger partial charge in [0.2, 0.25) is 5.85 Å². The number of hydrogen-bond donors (Lipinski definition) is 0. The van der Waals surface area contributed by atoms with Crippen LogP contribution in [0.25, 0.3) is 0 Å². The molecule has 1 aromatic rings. The Morgan fingerprint density at radius 2 is 1.95 bits per heavy atom. The first-order valence-electron chi connectivity index (χ1n) is 6.98. The van der Waals surface area contributed by atoms with Crippen LogP contribution in [0.5, 0.6) is 11.5 Å². The average molecular weight is 292 g/mol. The van der Waals surface area contributed by atoms with Crippen molar-refractivity contribution < 1.29 is 18.6 Å². The van der Waals surface area contributed by atoms with Gasteiger partial charge < -0.3 is 14.2 Å². The van der Waals surface area contributed by atoms with Gasteiger partial charge >= 0.3 is 0 Å². The molecule has 2 rings (SSSR count). The third-order valence-electron chi connectivity index (χ3n) is 3.07. The Morgan fingerprint density at radius 3 is 2.57 bits per heavy atom. The van der Waals surface area contributed by atoms with Crippen LogP contribution in [0, 0.1) is 0 Å². The van der Waals surface area contributed by atoms with Crippen LogP contribution in [0.1, 0.15) is 26.7 Å². The molecule has 0 aliphatic heterocycles. The summed E-state index contributed by atoms with van der Waals surface area (Å²) in [6.45, 7) is 10.0. The van der Waals surface area contributed by atoms with Crippen LogP contribution in [-0.2, 0) is 4.74 Å². The van der Waals surface area contributed by atoms with E-state index in [0.29, 0.717) is 17.3 Å². The standard InChI is InChI=1S/C17H21FO3/c1-5-12(2)19-15-10-16(11-15)20-13-7-6-8-14(9-13)21-17(3,4)18/h5-9,15-16H,1-2,10-11H2,3-4H3/t15-,16+. The Morgan fingerprint density at radius 1 is 1.29 bits per heavy atom. The normalized spacial score (nSPS) is 21.1. The Labute approximate surface area is 125 Å². The maximum atomic E-state index is 13.5. The van der Waals surface area contributed by atoms with Gasteiger partial charge in [0.1, 0.15) is 29.5 Å². The van der Waals surface area contributed by atoms with Crippen molar-refractivity contribution in [3.05, 3.63) is 49.3 Å². The minimum absolute atomic E-state index is 0.0984. The molecule has 1 saturated carbocycles. The molecule has 0 saturated heterocycles. The lowest BCUT2D eigenvalue weighted by molar-refractivity contribution is -0.0301. The summed E-state index contributed by atoms with van der Waals surface area (Å²) >= 11 is 0. The van der Waals surface area contributed by atoms with E-state index in [1.54, 1.807) is 24.3 Å². The maximum absolute atomic E-state index is 13.5. The van der Waals surface area contributed by atoms with E-state index in [1.807, 2.05) is 6.07 Å². The van der Waals surface area contributed by atoms with E-state index in [2.05, 4.69) is 13.2 Å². The van der Waals surface area contributed by atoms with Crippen molar-refractivity contribution in [3.8, 4) is 11.5 Å². The fraction of sp³-hybridized carbons (Fsp3) is 0.412. The fourth-order valence-electron chi connectivity index (χ4n) is 2.06. The highest BCUT2D eigenvalue weighted by Gasteiger charge is 2.32. The lowest BCUT2D eigenvalue weighted by atomic mass is 9.92. The number of allylic oxidation sites excluding steroid dienone is 1. The minimum atomic E-state index is -1.71. The van der Waals surface area contributed by atoms with E-state index in [-0.39, 0.29) is 12.2 Å². The molecule has 1 aromatic carbocycles. The summed E-state index contributed by atoms with van der Waals surface area (Å²) in [4.78, 5) is 0. The summed E-state index contributed by atoms with van der Waals surface area (Å²) in [5.74, 6) is -0.00653. The first kappa shape index (κ1) is 15.4. The molecule has 3 nitrogen and oxygen atoms in total. The predicted molar refractivity (Wildman–Crippen MR) is 80.1 cm³/mol. The van der Waals surface area contributed by atoms with Gasteiger partial charge in [-0.05, 0) is 18.2 Å². The highest BCUT2D eigenvalue weighted by atomic mass is 19.2. The predicted octanol–water partition coefficient (Wildman–Crippen LogP) is 4.40. The molecule has 0 N–H and O–H groups in total. The van der Waals surface area contributed by atoms with Crippen molar-refractivity contribution in [2.24, 2.45) is 0 Å². The Kier molecular flexibility index (Phi) is 4.56. The van der Waals surface area contributed by atoms with E-state index in [1.165, 1.54) is 13.8 Å². The van der Waals surface area contributed by atoms with Gasteiger partial charge in [-0.2, -0.15) is 4.39 Å². The molecule has 1 fully saturated rings. The smallest absolute Gasteiger partial charge is 0.242 e. The molecular weight excluding hydrogens is 271 g/mol. The number of alkyl halides is 1. The molecule has 1 aliphatic carbocycles. The lowest BCUT2D eigenvalue weighted by Gasteiger charge is -2.35. The van der Waals surface area contributed by atoms with Crippen molar-refractivity contribution in [1.82, 2.24) is 0 Å². The Hall–Kier alpha value is -1.97. The highest BCUT2D eigenvalue weighted by molar-refractivity contribution is 5.33. The molecule has 0 radical (unpaired) electrons. The van der Waals surface area contributed by atoms with E-state index in [4.69, 9.17) is 14.2 Å². The number of hydrogen-bond acceptors (Lipinski definition) is 3. The molecule has 0 spiro atoms. The largest absolute Gasteiger partial charge is 0.491 e. The highest BCUT2D eigenvalue weighted by Crippen LogP contribution is 2.31. The lowest BCUT2D eigenvalue weighted by Crippen LogP contribution is -2.39. The van der Waals surface area contributed by atoms with Crippen LogP contribution in [0.4, 0.5) is 4.39 Å². The number of halogens is 1. The van der Waals surface area contributed by atoms with Crippen molar-refractivity contribution in [1.29, 1.82) is 0 Å². The maximum Gasteiger partial charge on any atom is 0.242 e. The number of ether oxygens (including phenoxy) is 3. The van der Waals surface area contributed by atoms with E-state index >= 15 is 0 Å². The van der Waals surface area contributed by atoms with Crippen LogP contribution in [0.2, 0.25) is 0 Å². The van der Waals surface area contributed by atoms with Crippen molar-refractivity contribution in [3.63, 3.8) is 0 Å². The third-order valence-corrected chi connectivity index (χ3v) is 3.07. The SMILES string of the molecule is C=CC(=C)O[C@H]1C[C@@H](Oc2cccc(OC(C)(C)F)c2)C1. The number of rotatable bonds is 7. The second-order valence-corrected chi connectivity index (χ2v) is 5.56. The molecule has 0 atom stereocenters. The van der Waals surface area contributed by atoms with Gasteiger partial charge in [0.25, 0.3) is 0 Å². The summed E-state index contributed by atoms with van der Waals surface area (Å²) in [5.41, 5.74) is 0. The molecule has 0 aromatic heterocycles. The molecule has 114 valence electrons. The Balaban J connectivity index is 1.83. The zero-order valence-corrected chi connectivity index (χ0v) is 12.5. The zero-order valence-electron chi connectivity index (χ0n) is 12.5. The second-order valence-electron chi connectivity index (χ2n) is 5.56. The van der Waals surface area contributed by atoms with Crippen LogP contribution in [0.15, 0.2) is 49.3 Å². The molecule has 4 heteroatoms. The molecule has 1 aliphatic rings.